The number of aromatic nitrogens is 2. The van der Waals surface area contributed by atoms with Gasteiger partial charge in [0.25, 0.3) is 10.0 Å². The van der Waals surface area contributed by atoms with E-state index in [4.69, 9.17) is 9.47 Å². The van der Waals surface area contributed by atoms with E-state index < -0.39 is 33.7 Å². The Bertz CT molecular complexity index is 1250. The van der Waals surface area contributed by atoms with E-state index >= 15 is 0 Å². The number of hydrogen-bond donors (Lipinski definition) is 2. The van der Waals surface area contributed by atoms with E-state index in [0.29, 0.717) is 0 Å². The normalized spacial score (nSPS) is 18.0. The zero-order valence-corrected chi connectivity index (χ0v) is 20.6. The average Bonchev–Trinajstić information content (AvgIpc) is 3.47. The third-order valence-corrected chi connectivity index (χ3v) is 7.81. The predicted octanol–water partition coefficient (Wildman–Crippen LogP) is 3.17. The lowest BCUT2D eigenvalue weighted by Gasteiger charge is -2.35. The molecule has 2 aromatic rings. The van der Waals surface area contributed by atoms with E-state index in [2.05, 4.69) is 15.7 Å². The van der Waals surface area contributed by atoms with Crippen molar-refractivity contribution < 1.29 is 36.3 Å². The summed E-state index contributed by atoms with van der Waals surface area (Å²) in [5.74, 6) is -0.151. The molecule has 1 aliphatic carbocycles. The fourth-order valence-corrected chi connectivity index (χ4v) is 5.88. The van der Waals surface area contributed by atoms with Crippen molar-refractivity contribution in [1.82, 2.24) is 15.1 Å². The zero-order valence-electron chi connectivity index (χ0n) is 19.7. The van der Waals surface area contributed by atoms with Crippen molar-refractivity contribution in [2.45, 2.75) is 63.2 Å². The number of nitrogens with zero attached hydrogens (tertiary/aromatic N) is 3. The highest BCUT2D eigenvalue weighted by molar-refractivity contribution is 7.92. The predicted molar refractivity (Wildman–Crippen MR) is 125 cm³/mol. The van der Waals surface area contributed by atoms with Crippen molar-refractivity contribution >= 4 is 33.4 Å². The summed E-state index contributed by atoms with van der Waals surface area (Å²) >= 11 is 0. The minimum absolute atomic E-state index is 0.0176. The second kappa shape index (κ2) is 10.3. The first-order chi connectivity index (χ1) is 17.0. The smallest absolute Gasteiger partial charge is 0.411 e. The minimum Gasteiger partial charge on any atom is -0.484 e. The summed E-state index contributed by atoms with van der Waals surface area (Å²) in [5.41, 5.74) is 0.258. The van der Waals surface area contributed by atoms with Crippen LogP contribution in [0.4, 0.5) is 25.0 Å². The van der Waals surface area contributed by atoms with Gasteiger partial charge in [-0.3, -0.25) is 14.4 Å². The number of amides is 2. The SMILES string of the molecule is CC(=O)NCC1CN(S(=O)(=O)c2cn(C(F)F)nc2C)c2cc(NC(=O)OC3CCCC3)ccc2O1. The molecule has 2 aliphatic rings. The number of carbonyl (C=O) groups excluding carboxylic acids is 2. The third-order valence-electron chi connectivity index (χ3n) is 5.93. The van der Waals surface area contributed by atoms with Crippen LogP contribution in [0.15, 0.2) is 29.3 Å². The lowest BCUT2D eigenvalue weighted by molar-refractivity contribution is -0.119. The molecule has 11 nitrogen and oxygen atoms in total. The Morgan fingerprint density at radius 3 is 2.64 bits per heavy atom. The number of benzene rings is 1. The molecule has 0 spiro atoms. The minimum atomic E-state index is -4.37. The van der Waals surface area contributed by atoms with Crippen LogP contribution in [0.1, 0.15) is 44.9 Å². The summed E-state index contributed by atoms with van der Waals surface area (Å²) < 4.78 is 66.1. The summed E-state index contributed by atoms with van der Waals surface area (Å²) in [6, 6.07) is 4.42. The number of anilines is 2. The van der Waals surface area contributed by atoms with Crippen LogP contribution in [0.5, 0.6) is 5.75 Å². The molecule has 1 fully saturated rings. The molecule has 1 atom stereocenters. The molecule has 36 heavy (non-hydrogen) atoms. The van der Waals surface area contributed by atoms with E-state index in [-0.39, 0.29) is 52.6 Å². The van der Waals surface area contributed by atoms with Gasteiger partial charge in [0.1, 0.15) is 22.9 Å². The van der Waals surface area contributed by atoms with Gasteiger partial charge in [-0.2, -0.15) is 13.9 Å². The maximum atomic E-state index is 13.6. The van der Waals surface area contributed by atoms with Crippen LogP contribution >= 0.6 is 0 Å². The second-order valence-corrected chi connectivity index (χ2v) is 10.5. The molecular formula is C22H27F2N5O6S. The van der Waals surface area contributed by atoms with Crippen molar-refractivity contribution in [2.75, 3.05) is 22.7 Å². The summed E-state index contributed by atoms with van der Waals surface area (Å²) in [4.78, 5) is 23.3. The number of carbonyl (C=O) groups is 2. The first-order valence-electron chi connectivity index (χ1n) is 11.4. The largest absolute Gasteiger partial charge is 0.484 e. The van der Waals surface area contributed by atoms with Crippen LogP contribution in [0.2, 0.25) is 0 Å². The van der Waals surface area contributed by atoms with Crippen molar-refractivity contribution in [3.8, 4) is 5.75 Å². The number of ether oxygens (including phenoxy) is 2. The van der Waals surface area contributed by atoms with Gasteiger partial charge in [0.05, 0.1) is 30.7 Å². The van der Waals surface area contributed by atoms with Gasteiger partial charge >= 0.3 is 12.6 Å². The Kier molecular flexibility index (Phi) is 7.33. The molecular weight excluding hydrogens is 500 g/mol. The lowest BCUT2D eigenvalue weighted by atomic mass is 10.2. The Labute approximate surface area is 206 Å². The van der Waals surface area contributed by atoms with E-state index in [1.54, 1.807) is 0 Å². The monoisotopic (exact) mass is 527 g/mol. The standard InChI is InChI=1S/C22H27F2N5O6S/c1-13-20(12-28(27-13)21(23)24)36(32,33)29-11-17(10-25-14(2)30)34-19-8-7-15(9-18(19)29)26-22(31)35-16-5-3-4-6-16/h7-9,12,16-17,21H,3-6,10-11H2,1-2H3,(H,25,30)(H,26,31). The van der Waals surface area contributed by atoms with E-state index in [9.17, 15) is 26.8 Å². The Balaban J connectivity index is 1.66. The maximum absolute atomic E-state index is 13.6. The summed E-state index contributed by atoms with van der Waals surface area (Å²) in [6.07, 6.45) is 2.75. The Morgan fingerprint density at radius 2 is 2.00 bits per heavy atom. The molecule has 196 valence electrons. The van der Waals surface area contributed by atoms with Crippen LogP contribution in [-0.2, 0) is 19.6 Å². The van der Waals surface area contributed by atoms with Gasteiger partial charge in [-0.05, 0) is 50.8 Å². The van der Waals surface area contributed by atoms with Gasteiger partial charge < -0.3 is 14.8 Å². The number of hydrogen-bond acceptors (Lipinski definition) is 7. The summed E-state index contributed by atoms with van der Waals surface area (Å²) in [7, 11) is -4.37. The van der Waals surface area contributed by atoms with E-state index in [1.807, 2.05) is 0 Å². The number of alkyl halides is 2. The molecule has 0 bridgehead atoms. The fourth-order valence-electron chi connectivity index (χ4n) is 4.22. The molecule has 0 radical (unpaired) electrons. The molecule has 1 aliphatic heterocycles. The van der Waals surface area contributed by atoms with Gasteiger partial charge in [0, 0.05) is 12.6 Å². The van der Waals surface area contributed by atoms with Crippen LogP contribution < -0.4 is 19.7 Å². The number of fused-ring (bicyclic) bond motifs is 1. The van der Waals surface area contributed by atoms with Crippen molar-refractivity contribution in [1.29, 1.82) is 0 Å². The summed E-state index contributed by atoms with van der Waals surface area (Å²) in [5, 5.41) is 8.80. The maximum Gasteiger partial charge on any atom is 0.411 e. The van der Waals surface area contributed by atoms with Crippen LogP contribution in [0.3, 0.4) is 0 Å². The van der Waals surface area contributed by atoms with Gasteiger partial charge in [-0.15, -0.1) is 0 Å². The molecule has 2 heterocycles. The fraction of sp³-hybridized carbons (Fsp3) is 0.500. The van der Waals surface area contributed by atoms with Crippen LogP contribution in [-0.4, -0.2) is 55.5 Å². The van der Waals surface area contributed by atoms with Gasteiger partial charge in [-0.25, -0.2) is 17.9 Å². The topological polar surface area (TPSA) is 132 Å². The van der Waals surface area contributed by atoms with E-state index in [0.717, 1.165) is 36.2 Å². The quantitative estimate of drug-likeness (QED) is 0.565. The zero-order chi connectivity index (χ0) is 26.0. The van der Waals surface area contributed by atoms with E-state index in [1.165, 1.54) is 32.0 Å². The highest BCUT2D eigenvalue weighted by atomic mass is 32.2. The van der Waals surface area contributed by atoms with Gasteiger partial charge in [0.15, 0.2) is 0 Å². The molecule has 2 amide bonds. The molecule has 1 aromatic heterocycles. The Hall–Kier alpha value is -3.42. The number of sulfonamides is 1. The molecule has 1 aromatic carbocycles. The molecule has 4 rings (SSSR count). The molecule has 0 saturated heterocycles. The first-order valence-corrected chi connectivity index (χ1v) is 12.9. The van der Waals surface area contributed by atoms with Gasteiger partial charge in [-0.1, -0.05) is 0 Å². The Morgan fingerprint density at radius 1 is 1.28 bits per heavy atom. The third kappa shape index (κ3) is 5.53. The summed E-state index contributed by atoms with van der Waals surface area (Å²) in [6.45, 7) is -0.581. The van der Waals surface area contributed by atoms with Crippen molar-refractivity contribution in [3.05, 3.63) is 30.1 Å². The molecule has 1 saturated carbocycles. The number of nitrogens with one attached hydrogen (secondary N) is 2. The van der Waals surface area contributed by atoms with Crippen LogP contribution in [0, 0.1) is 6.92 Å². The number of halogens is 2. The molecule has 2 N–H and O–H groups in total. The first kappa shape index (κ1) is 25.7. The lowest BCUT2D eigenvalue weighted by Crippen LogP contribution is -2.48. The van der Waals surface area contributed by atoms with Crippen molar-refractivity contribution in [2.24, 2.45) is 0 Å². The highest BCUT2D eigenvalue weighted by Gasteiger charge is 2.37. The number of rotatable bonds is 7. The highest BCUT2D eigenvalue weighted by Crippen LogP contribution is 2.39. The molecule has 14 heteroatoms. The molecule has 1 unspecified atom stereocenters. The second-order valence-electron chi connectivity index (χ2n) is 8.67. The van der Waals surface area contributed by atoms with Crippen LogP contribution in [0.25, 0.3) is 0 Å². The van der Waals surface area contributed by atoms with Gasteiger partial charge in [0.2, 0.25) is 5.91 Å². The van der Waals surface area contributed by atoms with Crippen molar-refractivity contribution in [3.63, 3.8) is 0 Å². The average molecular weight is 528 g/mol. The number of aryl methyl sites for hydroxylation is 1.